The van der Waals surface area contributed by atoms with Gasteiger partial charge in [0.2, 0.25) is 0 Å². The Morgan fingerprint density at radius 2 is 1.79 bits per heavy atom. The SMILES string of the molecule is CCCn1nc(C(=O)N2CCC(C(=O)c3ccc(OC)cc3)CC2)ccc1=O. The maximum absolute atomic E-state index is 12.7. The number of hydrogen-bond acceptors (Lipinski definition) is 5. The first-order valence-electron chi connectivity index (χ1n) is 9.59. The van der Waals surface area contributed by atoms with Gasteiger partial charge in [0.05, 0.1) is 7.11 Å². The smallest absolute Gasteiger partial charge is 0.274 e. The molecule has 0 spiro atoms. The van der Waals surface area contributed by atoms with Gasteiger partial charge < -0.3 is 9.64 Å². The highest BCUT2D eigenvalue weighted by atomic mass is 16.5. The third kappa shape index (κ3) is 4.30. The van der Waals surface area contributed by atoms with Gasteiger partial charge in [0.15, 0.2) is 5.78 Å². The summed E-state index contributed by atoms with van der Waals surface area (Å²) in [5.74, 6) is 0.526. The van der Waals surface area contributed by atoms with E-state index in [1.54, 1.807) is 36.3 Å². The number of Topliss-reactive ketones (excluding diaryl/α,β-unsaturated/α-hetero) is 1. The number of aromatic nitrogens is 2. The monoisotopic (exact) mass is 383 g/mol. The normalized spacial score (nSPS) is 14.7. The molecule has 0 unspecified atom stereocenters. The van der Waals surface area contributed by atoms with Crippen LogP contribution in [0.3, 0.4) is 0 Å². The highest BCUT2D eigenvalue weighted by Gasteiger charge is 2.29. The first-order chi connectivity index (χ1) is 13.5. The number of likely N-dealkylation sites (tertiary alicyclic amines) is 1. The Hall–Kier alpha value is -2.96. The number of carbonyl (C=O) groups excluding carboxylic acids is 2. The molecule has 0 aliphatic carbocycles. The van der Waals surface area contributed by atoms with Crippen LogP contribution in [0.4, 0.5) is 0 Å². The molecule has 7 nitrogen and oxygen atoms in total. The van der Waals surface area contributed by atoms with Crippen molar-refractivity contribution in [2.24, 2.45) is 5.92 Å². The minimum atomic E-state index is -0.206. The molecule has 1 amide bonds. The standard InChI is InChI=1S/C21H25N3O4/c1-3-12-24-19(25)9-8-18(22-24)21(27)23-13-10-16(11-14-23)20(26)15-4-6-17(28-2)7-5-15/h4-9,16H,3,10-14H2,1-2H3. The van der Waals surface area contributed by atoms with Crippen molar-refractivity contribution >= 4 is 11.7 Å². The van der Waals surface area contributed by atoms with Crippen molar-refractivity contribution in [2.45, 2.75) is 32.7 Å². The minimum Gasteiger partial charge on any atom is -0.497 e. The van der Waals surface area contributed by atoms with Gasteiger partial charge in [0, 0.05) is 37.2 Å². The van der Waals surface area contributed by atoms with Crippen molar-refractivity contribution < 1.29 is 14.3 Å². The lowest BCUT2D eigenvalue weighted by molar-refractivity contribution is 0.0643. The fourth-order valence-electron chi connectivity index (χ4n) is 3.43. The highest BCUT2D eigenvalue weighted by molar-refractivity contribution is 5.98. The number of rotatable bonds is 6. The lowest BCUT2D eigenvalue weighted by Gasteiger charge is -2.31. The Labute approximate surface area is 163 Å². The zero-order chi connectivity index (χ0) is 20.1. The van der Waals surface area contributed by atoms with Crippen LogP contribution in [0.5, 0.6) is 5.75 Å². The van der Waals surface area contributed by atoms with E-state index in [-0.39, 0.29) is 28.9 Å². The van der Waals surface area contributed by atoms with E-state index in [0.29, 0.717) is 43.8 Å². The Balaban J connectivity index is 1.63. The van der Waals surface area contributed by atoms with E-state index in [9.17, 15) is 14.4 Å². The lowest BCUT2D eigenvalue weighted by atomic mass is 9.89. The Morgan fingerprint density at radius 3 is 2.39 bits per heavy atom. The number of methoxy groups -OCH3 is 1. The molecule has 0 saturated carbocycles. The van der Waals surface area contributed by atoms with Crippen LogP contribution in [0.1, 0.15) is 47.0 Å². The van der Waals surface area contributed by atoms with Crippen LogP contribution in [0, 0.1) is 5.92 Å². The second-order valence-corrected chi connectivity index (χ2v) is 6.94. The number of piperidine rings is 1. The second kappa shape index (κ2) is 8.82. The third-order valence-electron chi connectivity index (χ3n) is 5.05. The molecule has 0 radical (unpaired) electrons. The molecule has 7 heteroatoms. The highest BCUT2D eigenvalue weighted by Crippen LogP contribution is 2.23. The summed E-state index contributed by atoms with van der Waals surface area (Å²) in [5.41, 5.74) is 0.731. The van der Waals surface area contributed by atoms with E-state index >= 15 is 0 Å². The molecule has 1 fully saturated rings. The van der Waals surface area contributed by atoms with Crippen molar-refractivity contribution in [3.8, 4) is 5.75 Å². The van der Waals surface area contributed by atoms with E-state index in [2.05, 4.69) is 5.10 Å². The summed E-state index contributed by atoms with van der Waals surface area (Å²) in [6.45, 7) is 3.44. The average Bonchev–Trinajstić information content (AvgIpc) is 2.74. The van der Waals surface area contributed by atoms with Crippen LogP contribution in [0.2, 0.25) is 0 Å². The second-order valence-electron chi connectivity index (χ2n) is 6.94. The molecule has 0 N–H and O–H groups in total. The van der Waals surface area contributed by atoms with Crippen molar-refractivity contribution in [3.63, 3.8) is 0 Å². The molecule has 148 valence electrons. The van der Waals surface area contributed by atoms with Gasteiger partial charge >= 0.3 is 0 Å². The van der Waals surface area contributed by atoms with Gasteiger partial charge in [-0.15, -0.1) is 0 Å². The molecule has 3 rings (SSSR count). The third-order valence-corrected chi connectivity index (χ3v) is 5.05. The van der Waals surface area contributed by atoms with Gasteiger partial charge in [-0.2, -0.15) is 5.10 Å². The number of carbonyl (C=O) groups is 2. The van der Waals surface area contributed by atoms with Crippen molar-refractivity contribution in [2.75, 3.05) is 20.2 Å². The zero-order valence-electron chi connectivity index (χ0n) is 16.3. The predicted octanol–water partition coefficient (Wildman–Crippen LogP) is 2.40. The summed E-state index contributed by atoms with van der Waals surface area (Å²) in [4.78, 5) is 38.9. The summed E-state index contributed by atoms with van der Waals surface area (Å²) in [6, 6.07) is 9.98. The molecule has 2 aromatic rings. The quantitative estimate of drug-likeness (QED) is 0.716. The molecule has 1 aromatic heterocycles. The molecule has 28 heavy (non-hydrogen) atoms. The Kier molecular flexibility index (Phi) is 6.23. The van der Waals surface area contributed by atoms with Crippen LogP contribution < -0.4 is 10.3 Å². The molecule has 1 aliphatic rings. The van der Waals surface area contributed by atoms with E-state index in [1.807, 2.05) is 6.92 Å². The van der Waals surface area contributed by atoms with Crippen molar-refractivity contribution in [3.05, 3.63) is 58.0 Å². The molecule has 1 saturated heterocycles. The fraction of sp³-hybridized carbons (Fsp3) is 0.429. The van der Waals surface area contributed by atoms with E-state index < -0.39 is 0 Å². The largest absolute Gasteiger partial charge is 0.497 e. The first-order valence-corrected chi connectivity index (χ1v) is 9.59. The number of hydrogen-bond donors (Lipinski definition) is 0. The van der Waals surface area contributed by atoms with Gasteiger partial charge in [-0.3, -0.25) is 14.4 Å². The first kappa shape index (κ1) is 19.8. The summed E-state index contributed by atoms with van der Waals surface area (Å²) in [7, 11) is 1.59. The number of ketones is 1. The van der Waals surface area contributed by atoms with Gasteiger partial charge in [-0.1, -0.05) is 6.92 Å². The van der Waals surface area contributed by atoms with Crippen LogP contribution in [-0.4, -0.2) is 46.6 Å². The molecule has 2 heterocycles. The number of ether oxygens (including phenoxy) is 1. The lowest BCUT2D eigenvalue weighted by Crippen LogP contribution is -2.41. The molecular formula is C21H25N3O4. The molecule has 0 bridgehead atoms. The summed E-state index contributed by atoms with van der Waals surface area (Å²) in [5, 5.41) is 4.19. The van der Waals surface area contributed by atoms with Crippen molar-refractivity contribution in [1.82, 2.24) is 14.7 Å². The Bertz CT molecular complexity index is 897. The molecular weight excluding hydrogens is 358 g/mol. The summed E-state index contributed by atoms with van der Waals surface area (Å²) >= 11 is 0. The minimum absolute atomic E-state index is 0.0977. The molecule has 1 aromatic carbocycles. The zero-order valence-corrected chi connectivity index (χ0v) is 16.3. The van der Waals surface area contributed by atoms with E-state index in [4.69, 9.17) is 4.74 Å². The average molecular weight is 383 g/mol. The maximum atomic E-state index is 12.7. The van der Waals surface area contributed by atoms with Crippen LogP contribution in [-0.2, 0) is 6.54 Å². The van der Waals surface area contributed by atoms with Crippen LogP contribution >= 0.6 is 0 Å². The van der Waals surface area contributed by atoms with Gasteiger partial charge in [0.25, 0.3) is 11.5 Å². The number of benzene rings is 1. The number of amides is 1. The summed E-state index contributed by atoms with van der Waals surface area (Å²) < 4.78 is 6.45. The molecule has 1 aliphatic heterocycles. The predicted molar refractivity (Wildman–Crippen MR) is 105 cm³/mol. The maximum Gasteiger partial charge on any atom is 0.274 e. The van der Waals surface area contributed by atoms with E-state index in [0.717, 1.165) is 6.42 Å². The topological polar surface area (TPSA) is 81.5 Å². The fourth-order valence-corrected chi connectivity index (χ4v) is 3.43. The van der Waals surface area contributed by atoms with Gasteiger partial charge in [-0.25, -0.2) is 4.68 Å². The van der Waals surface area contributed by atoms with Gasteiger partial charge in [-0.05, 0) is 49.6 Å². The van der Waals surface area contributed by atoms with Crippen molar-refractivity contribution in [1.29, 1.82) is 0 Å². The molecule has 0 atom stereocenters. The van der Waals surface area contributed by atoms with Gasteiger partial charge in [0.1, 0.15) is 11.4 Å². The van der Waals surface area contributed by atoms with E-state index in [1.165, 1.54) is 16.8 Å². The van der Waals surface area contributed by atoms with Crippen LogP contribution in [0.25, 0.3) is 0 Å². The Morgan fingerprint density at radius 1 is 1.11 bits per heavy atom. The number of nitrogens with zero attached hydrogens (tertiary/aromatic N) is 3. The number of aryl methyl sites for hydroxylation is 1. The summed E-state index contributed by atoms with van der Waals surface area (Å²) in [6.07, 6.45) is 2.00. The van der Waals surface area contributed by atoms with Crippen LogP contribution in [0.15, 0.2) is 41.2 Å².